The van der Waals surface area contributed by atoms with Gasteiger partial charge in [0.05, 0.1) is 31.7 Å². The summed E-state index contributed by atoms with van der Waals surface area (Å²) in [5.74, 6) is -0.384. The Balaban J connectivity index is 1.33. The van der Waals surface area contributed by atoms with Gasteiger partial charge in [0.15, 0.2) is 11.6 Å². The topological polar surface area (TPSA) is 146 Å². The van der Waals surface area contributed by atoms with Gasteiger partial charge in [-0.1, -0.05) is 42.8 Å². The average Bonchev–Trinajstić information content (AvgIpc) is 3.44. The van der Waals surface area contributed by atoms with E-state index in [1.165, 1.54) is 34.7 Å². The molecule has 14 heteroatoms. The molecule has 7 atom stereocenters. The van der Waals surface area contributed by atoms with Crippen LogP contribution in [0.2, 0.25) is 0 Å². The van der Waals surface area contributed by atoms with Crippen molar-refractivity contribution < 1.29 is 32.7 Å². The van der Waals surface area contributed by atoms with Crippen LogP contribution in [0.4, 0.5) is 5.82 Å². The third kappa shape index (κ3) is 7.33. The number of carbonyl (C=O) groups excluding carboxylic acids is 2. The Morgan fingerprint density at radius 1 is 1.09 bits per heavy atom. The Morgan fingerprint density at radius 2 is 1.89 bits per heavy atom. The van der Waals surface area contributed by atoms with Gasteiger partial charge in [-0.05, 0) is 80.0 Å². The minimum atomic E-state index is -3.75. The van der Waals surface area contributed by atoms with Crippen LogP contribution in [0, 0.1) is 24.7 Å². The van der Waals surface area contributed by atoms with Crippen molar-refractivity contribution in [3.8, 4) is 11.6 Å². The van der Waals surface area contributed by atoms with E-state index in [0.717, 1.165) is 32.1 Å². The Kier molecular flexibility index (Phi) is 10.4. The van der Waals surface area contributed by atoms with Crippen LogP contribution in [0.5, 0.6) is 11.6 Å². The molecule has 7 rings (SSSR count). The van der Waals surface area contributed by atoms with Gasteiger partial charge in [-0.15, -0.1) is 9.46 Å². The maximum Gasteiger partial charge on any atom is 0.305 e. The van der Waals surface area contributed by atoms with E-state index in [4.69, 9.17) is 23.9 Å². The molecule has 284 valence electrons. The van der Waals surface area contributed by atoms with Crippen molar-refractivity contribution >= 4 is 27.5 Å². The summed E-state index contributed by atoms with van der Waals surface area (Å²) in [5, 5.41) is 4.15. The lowest BCUT2D eigenvalue weighted by Crippen LogP contribution is -2.50. The number of benzene rings is 1. The van der Waals surface area contributed by atoms with E-state index in [1.807, 2.05) is 19.1 Å². The second-order valence-electron chi connectivity index (χ2n) is 15.1. The van der Waals surface area contributed by atoms with E-state index in [2.05, 4.69) is 44.2 Å². The molecule has 53 heavy (non-hydrogen) atoms. The SMILES string of the molecule is COc1nn(C)cc1C(=O)NS1(=O)=NC(=O)c2ccc3c(n2)N(C[C@@H]2CC[C@H]2[C@@H](OC)/C=C/[C@H](OC)[C@H](C)C1)C[C@@]1(CCCc2cc(C)ccc21)CO3. The molecule has 1 aromatic carbocycles. The van der Waals surface area contributed by atoms with E-state index < -0.39 is 33.8 Å². The predicted octanol–water partition coefficient (Wildman–Crippen LogP) is 4.82. The van der Waals surface area contributed by atoms with Crippen molar-refractivity contribution in [1.29, 1.82) is 0 Å². The highest BCUT2D eigenvalue weighted by atomic mass is 32.2. The van der Waals surface area contributed by atoms with Gasteiger partial charge in [-0.3, -0.25) is 19.0 Å². The van der Waals surface area contributed by atoms with Crippen molar-refractivity contribution in [1.82, 2.24) is 19.5 Å². The third-order valence-electron chi connectivity index (χ3n) is 11.4. The number of hydrogen-bond donors (Lipinski definition) is 1. The number of nitrogens with one attached hydrogen (secondary N) is 1. The highest BCUT2D eigenvalue weighted by Crippen LogP contribution is 2.46. The molecule has 1 saturated carbocycles. The molecular formula is C39H50N6O7S. The summed E-state index contributed by atoms with van der Waals surface area (Å²) in [5.41, 5.74) is 3.71. The first kappa shape index (κ1) is 37.1. The zero-order chi connectivity index (χ0) is 37.5. The Bertz CT molecular complexity index is 2040. The van der Waals surface area contributed by atoms with Gasteiger partial charge >= 0.3 is 5.91 Å². The minimum absolute atomic E-state index is 0.0109. The van der Waals surface area contributed by atoms with Crippen LogP contribution in [0.1, 0.15) is 70.1 Å². The molecule has 2 aliphatic heterocycles. The molecule has 13 nitrogen and oxygen atoms in total. The molecule has 2 aromatic heterocycles. The molecule has 4 aliphatic rings. The Hall–Kier alpha value is -4.27. The number of carbonyl (C=O) groups is 2. The van der Waals surface area contributed by atoms with Crippen LogP contribution in [-0.4, -0.2) is 89.8 Å². The van der Waals surface area contributed by atoms with Crippen LogP contribution in [0.3, 0.4) is 0 Å². The van der Waals surface area contributed by atoms with Gasteiger partial charge in [0.2, 0.25) is 5.88 Å². The summed E-state index contributed by atoms with van der Waals surface area (Å²) >= 11 is 0. The van der Waals surface area contributed by atoms with Gasteiger partial charge < -0.3 is 23.8 Å². The van der Waals surface area contributed by atoms with E-state index >= 15 is 0 Å². The summed E-state index contributed by atoms with van der Waals surface area (Å²) in [6.07, 6.45) is 9.84. The number of methoxy groups -OCH3 is 3. The molecular weight excluding hydrogens is 697 g/mol. The lowest BCUT2D eigenvalue weighted by atomic mass is 9.68. The molecule has 1 spiro atoms. The highest BCUT2D eigenvalue weighted by molar-refractivity contribution is 7.92. The lowest BCUT2D eigenvalue weighted by Gasteiger charge is -2.45. The second-order valence-corrected chi connectivity index (χ2v) is 17.1. The number of anilines is 1. The first-order chi connectivity index (χ1) is 25.4. The van der Waals surface area contributed by atoms with Crippen LogP contribution in [0.15, 0.2) is 53.0 Å². The Labute approximate surface area is 311 Å². The fraction of sp³-hybridized carbons (Fsp3) is 0.538. The molecule has 2 bridgehead atoms. The van der Waals surface area contributed by atoms with Gasteiger partial charge in [-0.2, -0.15) is 0 Å². The number of amides is 2. The first-order valence-corrected chi connectivity index (χ1v) is 20.0. The molecule has 2 amide bonds. The van der Waals surface area contributed by atoms with E-state index in [9.17, 15) is 13.8 Å². The molecule has 1 fully saturated rings. The zero-order valence-corrected chi connectivity index (χ0v) is 32.2. The number of aromatic nitrogens is 3. The number of aryl methyl sites for hydroxylation is 3. The van der Waals surface area contributed by atoms with Crippen molar-refractivity contribution in [2.75, 3.05) is 51.7 Å². The molecule has 1 unspecified atom stereocenters. The molecule has 0 radical (unpaired) electrons. The van der Waals surface area contributed by atoms with Crippen molar-refractivity contribution in [2.24, 2.45) is 29.2 Å². The van der Waals surface area contributed by atoms with Crippen LogP contribution < -0.4 is 19.1 Å². The standard InChI is InChI=1S/C39H50N6O7S/c1-24-9-12-30-26(18-24)8-7-17-39(30)22-45-19-27-10-11-28(27)33(50-5)16-15-32(49-4)25(2)21-53(48,42-36(46)29-20-44(3)41-38(29)51-6)43-37(47)31-13-14-34(52-23-39)35(45)40-31/h9,12-16,18,20,25,27-28,32-33H,7-8,10-11,17,19,21-23H2,1-6H3,(H,42,43,46,47,48)/b16-15+/t25-,27+,28-,32+,33+,39+,53?/m1/s1. The predicted molar refractivity (Wildman–Crippen MR) is 201 cm³/mol. The van der Waals surface area contributed by atoms with Crippen LogP contribution >= 0.6 is 0 Å². The number of pyridine rings is 1. The normalized spacial score (nSPS) is 30.5. The van der Waals surface area contributed by atoms with Crippen molar-refractivity contribution in [2.45, 2.75) is 63.6 Å². The van der Waals surface area contributed by atoms with Crippen molar-refractivity contribution in [3.63, 3.8) is 0 Å². The lowest BCUT2D eigenvalue weighted by molar-refractivity contribution is 0.0119. The maximum absolute atomic E-state index is 14.8. The summed E-state index contributed by atoms with van der Waals surface area (Å²) in [6, 6.07) is 10.1. The highest BCUT2D eigenvalue weighted by Gasteiger charge is 2.45. The minimum Gasteiger partial charge on any atom is -0.489 e. The molecule has 0 saturated heterocycles. The van der Waals surface area contributed by atoms with E-state index in [-0.39, 0.29) is 40.3 Å². The smallest absolute Gasteiger partial charge is 0.305 e. The second kappa shape index (κ2) is 14.9. The average molecular weight is 747 g/mol. The number of ether oxygens (including phenoxy) is 4. The summed E-state index contributed by atoms with van der Waals surface area (Å²) < 4.78 is 46.8. The first-order valence-electron chi connectivity index (χ1n) is 18.4. The van der Waals surface area contributed by atoms with Crippen LogP contribution in [-0.2, 0) is 38.3 Å². The van der Waals surface area contributed by atoms with Gasteiger partial charge in [0, 0.05) is 46.0 Å². The summed E-state index contributed by atoms with van der Waals surface area (Å²) in [4.78, 5) is 34.9. The van der Waals surface area contributed by atoms with Gasteiger partial charge in [0.25, 0.3) is 5.91 Å². The number of fused-ring (bicyclic) bond motifs is 4. The van der Waals surface area contributed by atoms with Gasteiger partial charge in [0.1, 0.15) is 21.2 Å². The fourth-order valence-corrected chi connectivity index (χ4v) is 10.5. The maximum atomic E-state index is 14.8. The molecule has 3 aromatic rings. The quantitative estimate of drug-likeness (QED) is 0.361. The third-order valence-corrected chi connectivity index (χ3v) is 13.4. The Morgan fingerprint density at radius 3 is 2.62 bits per heavy atom. The molecule has 2 aliphatic carbocycles. The van der Waals surface area contributed by atoms with Crippen molar-refractivity contribution in [3.05, 3.63) is 76.6 Å². The molecule has 1 N–H and O–H groups in total. The number of hydrogen-bond acceptors (Lipinski definition) is 10. The van der Waals surface area contributed by atoms with E-state index in [0.29, 0.717) is 37.2 Å². The summed E-state index contributed by atoms with van der Waals surface area (Å²) in [6.45, 7) is 5.83. The fourth-order valence-electron chi connectivity index (χ4n) is 8.62. The summed E-state index contributed by atoms with van der Waals surface area (Å²) in [7, 11) is 2.60. The van der Waals surface area contributed by atoms with E-state index in [1.54, 1.807) is 33.4 Å². The molecule has 4 heterocycles. The number of nitrogens with zero attached hydrogens (tertiary/aromatic N) is 5. The zero-order valence-electron chi connectivity index (χ0n) is 31.4. The van der Waals surface area contributed by atoms with Gasteiger partial charge in [-0.25, -0.2) is 9.19 Å². The monoisotopic (exact) mass is 746 g/mol. The largest absolute Gasteiger partial charge is 0.489 e. The van der Waals surface area contributed by atoms with Crippen LogP contribution in [0.25, 0.3) is 0 Å². The number of rotatable bonds is 5.